The van der Waals surface area contributed by atoms with E-state index in [1.54, 1.807) is 11.1 Å². The Hall–Kier alpha value is -0.0400. The lowest BCUT2D eigenvalue weighted by molar-refractivity contribution is 0.246. The number of halogens is 1. The molecule has 0 N–H and O–H groups in total. The minimum atomic E-state index is 0.493. The van der Waals surface area contributed by atoms with Gasteiger partial charge in [-0.1, -0.05) is 40.1 Å². The molecule has 14 heavy (non-hydrogen) atoms. The topological polar surface area (TPSA) is 0 Å². The molecule has 2 rings (SSSR count). The van der Waals surface area contributed by atoms with Crippen molar-refractivity contribution in [2.45, 2.75) is 46.0 Å². The Bertz CT molecular complexity index is 288. The molecule has 2 saturated carbocycles. The van der Waals surface area contributed by atoms with Crippen LogP contribution in [-0.4, -0.2) is 0 Å². The second-order valence-corrected chi connectivity index (χ2v) is 5.32. The Labute approximate surface area is 95.6 Å². The van der Waals surface area contributed by atoms with Crippen molar-refractivity contribution < 1.29 is 0 Å². The molecular formula is C13H19Br. The smallest absolute Gasteiger partial charge is 0.00506 e. The summed E-state index contributed by atoms with van der Waals surface area (Å²) in [6.45, 7) is 4.67. The van der Waals surface area contributed by atoms with Crippen molar-refractivity contribution in [1.29, 1.82) is 0 Å². The third-order valence-electron chi connectivity index (χ3n) is 4.30. The summed E-state index contributed by atoms with van der Waals surface area (Å²) in [6.07, 6.45) is 9.11. The predicted octanol–water partition coefficient (Wildman–Crippen LogP) is 4.81. The van der Waals surface area contributed by atoms with Gasteiger partial charge in [0.05, 0.1) is 0 Å². The SMILES string of the molecule is C/C=C1/CC[C@H]2/C(=C/Br)CCC[C@]12C. The lowest BCUT2D eigenvalue weighted by atomic mass is 9.66. The van der Waals surface area contributed by atoms with Crippen molar-refractivity contribution in [3.05, 3.63) is 22.2 Å². The molecule has 0 aromatic carbocycles. The number of hydrogen-bond donors (Lipinski definition) is 0. The minimum absolute atomic E-state index is 0.493. The molecule has 78 valence electrons. The van der Waals surface area contributed by atoms with E-state index in [1.807, 2.05) is 0 Å². The van der Waals surface area contributed by atoms with Gasteiger partial charge in [0.2, 0.25) is 0 Å². The summed E-state index contributed by atoms with van der Waals surface area (Å²) in [7, 11) is 0. The highest BCUT2D eigenvalue weighted by Crippen LogP contribution is 2.57. The zero-order valence-electron chi connectivity index (χ0n) is 9.15. The van der Waals surface area contributed by atoms with Crippen LogP contribution in [0.4, 0.5) is 0 Å². The molecule has 0 aromatic heterocycles. The molecule has 2 aliphatic rings. The molecule has 0 aromatic rings. The number of allylic oxidation sites excluding steroid dienone is 3. The summed E-state index contributed by atoms with van der Waals surface area (Å²) in [5, 5.41) is 0. The molecule has 1 heteroatoms. The molecule has 0 aliphatic heterocycles. The molecule has 0 unspecified atom stereocenters. The van der Waals surface area contributed by atoms with Gasteiger partial charge in [-0.2, -0.15) is 0 Å². The zero-order valence-corrected chi connectivity index (χ0v) is 10.7. The fraction of sp³-hybridized carbons (Fsp3) is 0.692. The van der Waals surface area contributed by atoms with Crippen LogP contribution in [0.3, 0.4) is 0 Å². The van der Waals surface area contributed by atoms with E-state index in [0.717, 1.165) is 5.92 Å². The monoisotopic (exact) mass is 254 g/mol. The maximum atomic E-state index is 3.53. The van der Waals surface area contributed by atoms with Gasteiger partial charge in [0.15, 0.2) is 0 Å². The van der Waals surface area contributed by atoms with Gasteiger partial charge >= 0.3 is 0 Å². The average molecular weight is 255 g/mol. The molecule has 0 spiro atoms. The van der Waals surface area contributed by atoms with Gasteiger partial charge in [-0.15, -0.1) is 0 Å². The summed E-state index contributed by atoms with van der Waals surface area (Å²) in [5.74, 6) is 0.821. The molecule has 0 bridgehead atoms. The largest absolute Gasteiger partial charge is 0.0879 e. The van der Waals surface area contributed by atoms with E-state index < -0.39 is 0 Å². The highest BCUT2D eigenvalue weighted by Gasteiger charge is 2.45. The highest BCUT2D eigenvalue weighted by molar-refractivity contribution is 9.11. The first kappa shape index (κ1) is 10.5. The van der Waals surface area contributed by atoms with E-state index in [9.17, 15) is 0 Å². The van der Waals surface area contributed by atoms with Crippen LogP contribution >= 0.6 is 15.9 Å². The molecule has 0 saturated heterocycles. The van der Waals surface area contributed by atoms with Crippen LogP contribution in [-0.2, 0) is 0 Å². The van der Waals surface area contributed by atoms with Crippen molar-refractivity contribution in [3.63, 3.8) is 0 Å². The summed E-state index contributed by atoms with van der Waals surface area (Å²) >= 11 is 3.53. The van der Waals surface area contributed by atoms with E-state index in [0.29, 0.717) is 5.41 Å². The van der Waals surface area contributed by atoms with Crippen LogP contribution in [0, 0.1) is 11.3 Å². The van der Waals surface area contributed by atoms with Crippen molar-refractivity contribution in [3.8, 4) is 0 Å². The van der Waals surface area contributed by atoms with Crippen LogP contribution in [0.1, 0.15) is 46.0 Å². The normalized spacial score (nSPS) is 43.2. The van der Waals surface area contributed by atoms with E-state index in [2.05, 4.69) is 40.8 Å². The van der Waals surface area contributed by atoms with Crippen LogP contribution in [0.15, 0.2) is 22.2 Å². The Morgan fingerprint density at radius 1 is 1.43 bits per heavy atom. The molecule has 0 nitrogen and oxygen atoms in total. The van der Waals surface area contributed by atoms with Crippen molar-refractivity contribution >= 4 is 15.9 Å². The third kappa shape index (κ3) is 1.41. The second-order valence-electron chi connectivity index (χ2n) is 4.86. The first-order chi connectivity index (χ1) is 6.72. The van der Waals surface area contributed by atoms with Crippen molar-refractivity contribution in [2.75, 3.05) is 0 Å². The van der Waals surface area contributed by atoms with Crippen molar-refractivity contribution in [1.82, 2.24) is 0 Å². The van der Waals surface area contributed by atoms with E-state index in [1.165, 1.54) is 32.1 Å². The van der Waals surface area contributed by atoms with Gasteiger partial charge in [0, 0.05) is 0 Å². The standard InChI is InChI=1S/C13H19Br/c1-3-11-6-7-12-10(9-14)5-4-8-13(11,12)2/h3,9,12H,4-8H2,1-2H3/b10-9+,11-3-/t12-,13+/m0/s1. The van der Waals surface area contributed by atoms with Gasteiger partial charge in [0.25, 0.3) is 0 Å². The third-order valence-corrected chi connectivity index (χ3v) is 4.89. The van der Waals surface area contributed by atoms with Crippen LogP contribution in [0.25, 0.3) is 0 Å². The van der Waals surface area contributed by atoms with E-state index in [4.69, 9.17) is 0 Å². The Balaban J connectivity index is 2.35. The van der Waals surface area contributed by atoms with Gasteiger partial charge in [-0.3, -0.25) is 0 Å². The Kier molecular flexibility index (Phi) is 2.88. The maximum Gasteiger partial charge on any atom is -0.00506 e. The van der Waals surface area contributed by atoms with Gasteiger partial charge in [-0.25, -0.2) is 0 Å². The van der Waals surface area contributed by atoms with E-state index in [-0.39, 0.29) is 0 Å². The number of rotatable bonds is 0. The van der Waals surface area contributed by atoms with Crippen molar-refractivity contribution in [2.24, 2.45) is 11.3 Å². The molecule has 2 fully saturated rings. The number of fused-ring (bicyclic) bond motifs is 1. The second kappa shape index (κ2) is 3.84. The maximum absolute atomic E-state index is 3.53. The first-order valence-electron chi connectivity index (χ1n) is 5.67. The Morgan fingerprint density at radius 2 is 2.21 bits per heavy atom. The quantitative estimate of drug-likeness (QED) is 0.545. The van der Waals surface area contributed by atoms with Crippen LogP contribution in [0.2, 0.25) is 0 Å². The zero-order chi connectivity index (χ0) is 10.2. The molecule has 0 radical (unpaired) electrons. The van der Waals surface area contributed by atoms with Gasteiger partial charge in [0.1, 0.15) is 0 Å². The predicted molar refractivity (Wildman–Crippen MR) is 65.4 cm³/mol. The fourth-order valence-electron chi connectivity index (χ4n) is 3.50. The molecule has 2 aliphatic carbocycles. The summed E-state index contributed by atoms with van der Waals surface area (Å²) in [6, 6.07) is 0. The molecule has 2 atom stereocenters. The van der Waals surface area contributed by atoms with Crippen LogP contribution in [0.5, 0.6) is 0 Å². The lowest BCUT2D eigenvalue weighted by Crippen LogP contribution is -2.28. The highest BCUT2D eigenvalue weighted by atomic mass is 79.9. The first-order valence-corrected chi connectivity index (χ1v) is 6.58. The minimum Gasteiger partial charge on any atom is -0.0879 e. The average Bonchev–Trinajstić information content (AvgIpc) is 2.53. The summed E-state index contributed by atoms with van der Waals surface area (Å²) in [5.41, 5.74) is 3.84. The summed E-state index contributed by atoms with van der Waals surface area (Å²) in [4.78, 5) is 2.19. The molecule has 0 amide bonds. The van der Waals surface area contributed by atoms with E-state index >= 15 is 0 Å². The van der Waals surface area contributed by atoms with Crippen LogP contribution < -0.4 is 0 Å². The fourth-order valence-corrected chi connectivity index (χ4v) is 4.04. The number of hydrogen-bond acceptors (Lipinski definition) is 0. The molecular weight excluding hydrogens is 236 g/mol. The Morgan fingerprint density at radius 3 is 2.86 bits per heavy atom. The molecule has 0 heterocycles. The lowest BCUT2D eigenvalue weighted by Gasteiger charge is -2.39. The van der Waals surface area contributed by atoms with Gasteiger partial charge in [-0.05, 0) is 55.3 Å². The van der Waals surface area contributed by atoms with Gasteiger partial charge < -0.3 is 0 Å². The summed E-state index contributed by atoms with van der Waals surface area (Å²) < 4.78 is 0.